The van der Waals surface area contributed by atoms with Gasteiger partial charge in [0.25, 0.3) is 0 Å². The predicted molar refractivity (Wildman–Crippen MR) is 134 cm³/mol. The molecule has 3 rings (SSSR count). The summed E-state index contributed by atoms with van der Waals surface area (Å²) in [5.74, 6) is 0.791. The van der Waals surface area contributed by atoms with Gasteiger partial charge in [-0.25, -0.2) is 4.98 Å². The van der Waals surface area contributed by atoms with E-state index in [0.29, 0.717) is 44.8 Å². The van der Waals surface area contributed by atoms with Crippen LogP contribution in [0.4, 0.5) is 0 Å². The molecule has 1 aromatic heterocycles. The van der Waals surface area contributed by atoms with Crippen LogP contribution in [0.2, 0.25) is 0 Å². The Labute approximate surface area is 207 Å². The van der Waals surface area contributed by atoms with Crippen LogP contribution in [-0.4, -0.2) is 64.5 Å². The van der Waals surface area contributed by atoms with Crippen molar-refractivity contribution in [2.45, 2.75) is 53.1 Å². The van der Waals surface area contributed by atoms with Gasteiger partial charge in [0.15, 0.2) is 0 Å². The molecule has 1 aliphatic heterocycles. The molecule has 9 nitrogen and oxygen atoms in total. The summed E-state index contributed by atoms with van der Waals surface area (Å²) in [6.45, 7) is 9.25. The first-order valence-electron chi connectivity index (χ1n) is 12.3. The average molecular weight is 484 g/mol. The maximum atomic E-state index is 13.0. The van der Waals surface area contributed by atoms with Crippen molar-refractivity contribution in [3.8, 4) is 17.1 Å². The van der Waals surface area contributed by atoms with Crippen molar-refractivity contribution in [1.29, 1.82) is 0 Å². The number of nitrogens with one attached hydrogen (secondary N) is 2. The van der Waals surface area contributed by atoms with Crippen LogP contribution in [0.3, 0.4) is 0 Å². The van der Waals surface area contributed by atoms with Crippen LogP contribution in [0.15, 0.2) is 36.7 Å². The van der Waals surface area contributed by atoms with Crippen molar-refractivity contribution in [1.82, 2.24) is 25.1 Å². The van der Waals surface area contributed by atoms with Crippen molar-refractivity contribution in [3.63, 3.8) is 0 Å². The SMILES string of the molecule is CC(C)C[C@H]1NC(=O)CN(C(=O)C(C)C)CCCOc2cccc(c2)-c2nccn2CCNC1=O. The number of hydrogen-bond donors (Lipinski definition) is 2. The van der Waals surface area contributed by atoms with E-state index in [2.05, 4.69) is 15.6 Å². The summed E-state index contributed by atoms with van der Waals surface area (Å²) in [5.41, 5.74) is 0.918. The highest BCUT2D eigenvalue weighted by Crippen LogP contribution is 2.23. The zero-order chi connectivity index (χ0) is 25.4. The molecule has 35 heavy (non-hydrogen) atoms. The Morgan fingerprint density at radius 3 is 2.74 bits per heavy atom. The Balaban J connectivity index is 1.85. The highest BCUT2D eigenvalue weighted by atomic mass is 16.5. The molecule has 2 heterocycles. The van der Waals surface area contributed by atoms with Crippen LogP contribution in [0.25, 0.3) is 11.4 Å². The fraction of sp³-hybridized carbons (Fsp3) is 0.538. The second-order valence-electron chi connectivity index (χ2n) is 9.63. The molecule has 9 heteroatoms. The third-order valence-corrected chi connectivity index (χ3v) is 5.80. The lowest BCUT2D eigenvalue weighted by Crippen LogP contribution is -2.51. The van der Waals surface area contributed by atoms with Gasteiger partial charge in [0.05, 0.1) is 13.2 Å². The van der Waals surface area contributed by atoms with E-state index >= 15 is 0 Å². The molecular formula is C26H37N5O4. The number of aromatic nitrogens is 2. The molecule has 1 atom stereocenters. The number of rotatable bonds is 3. The number of hydrogen-bond acceptors (Lipinski definition) is 5. The number of carbonyl (C=O) groups excluding carboxylic acids is 3. The molecule has 190 valence electrons. The van der Waals surface area contributed by atoms with E-state index in [4.69, 9.17) is 4.74 Å². The minimum atomic E-state index is -0.667. The second kappa shape index (κ2) is 12.4. The molecule has 0 fully saturated rings. The lowest BCUT2D eigenvalue weighted by molar-refractivity contribution is -0.139. The molecule has 3 amide bonds. The van der Waals surface area contributed by atoms with Gasteiger partial charge in [-0.2, -0.15) is 0 Å². The first-order chi connectivity index (χ1) is 16.7. The molecule has 0 unspecified atom stereocenters. The number of imidazole rings is 1. The zero-order valence-electron chi connectivity index (χ0n) is 21.1. The van der Waals surface area contributed by atoms with Gasteiger partial charge in [-0.05, 0) is 30.9 Å². The summed E-state index contributed by atoms with van der Waals surface area (Å²) in [6, 6.07) is 7.04. The van der Waals surface area contributed by atoms with Crippen LogP contribution in [0.5, 0.6) is 5.75 Å². The molecule has 0 saturated carbocycles. The van der Waals surface area contributed by atoms with Crippen molar-refractivity contribution in [2.24, 2.45) is 11.8 Å². The van der Waals surface area contributed by atoms with Crippen molar-refractivity contribution in [3.05, 3.63) is 36.7 Å². The van der Waals surface area contributed by atoms with Crippen LogP contribution in [-0.2, 0) is 20.9 Å². The van der Waals surface area contributed by atoms with Gasteiger partial charge in [-0.15, -0.1) is 0 Å². The van der Waals surface area contributed by atoms with E-state index in [1.54, 1.807) is 11.1 Å². The lowest BCUT2D eigenvalue weighted by atomic mass is 10.0. The van der Waals surface area contributed by atoms with Crippen molar-refractivity contribution >= 4 is 17.7 Å². The molecule has 0 spiro atoms. The molecule has 0 aliphatic carbocycles. The summed E-state index contributed by atoms with van der Waals surface area (Å²) in [6.07, 6.45) is 4.68. The van der Waals surface area contributed by atoms with Gasteiger partial charge in [0.2, 0.25) is 17.7 Å². The Hall–Kier alpha value is -3.36. The number of fused-ring (bicyclic) bond motifs is 4. The molecule has 2 aromatic rings. The van der Waals surface area contributed by atoms with E-state index in [0.717, 1.165) is 11.4 Å². The normalized spacial score (nSPS) is 18.2. The van der Waals surface area contributed by atoms with Gasteiger partial charge in [0.1, 0.15) is 17.6 Å². The maximum absolute atomic E-state index is 13.0. The predicted octanol–water partition coefficient (Wildman–Crippen LogP) is 2.46. The van der Waals surface area contributed by atoms with E-state index < -0.39 is 6.04 Å². The maximum Gasteiger partial charge on any atom is 0.242 e. The van der Waals surface area contributed by atoms with Crippen LogP contribution in [0, 0.1) is 11.8 Å². The van der Waals surface area contributed by atoms with E-state index in [1.807, 2.05) is 62.7 Å². The molecule has 0 radical (unpaired) electrons. The fourth-order valence-corrected chi connectivity index (χ4v) is 4.09. The van der Waals surface area contributed by atoms with E-state index in [9.17, 15) is 14.4 Å². The molecule has 0 saturated heterocycles. The van der Waals surface area contributed by atoms with Gasteiger partial charge in [-0.3, -0.25) is 14.4 Å². The quantitative estimate of drug-likeness (QED) is 0.698. The zero-order valence-corrected chi connectivity index (χ0v) is 21.1. The monoisotopic (exact) mass is 483 g/mol. The van der Waals surface area contributed by atoms with Crippen molar-refractivity contribution in [2.75, 3.05) is 26.2 Å². The minimum absolute atomic E-state index is 0.0905. The largest absolute Gasteiger partial charge is 0.494 e. The van der Waals surface area contributed by atoms with Crippen LogP contribution < -0.4 is 15.4 Å². The molecule has 2 N–H and O–H groups in total. The van der Waals surface area contributed by atoms with Gasteiger partial charge >= 0.3 is 0 Å². The third kappa shape index (κ3) is 7.56. The Morgan fingerprint density at radius 1 is 1.20 bits per heavy atom. The number of carbonyl (C=O) groups is 3. The Bertz CT molecular complexity index is 1020. The summed E-state index contributed by atoms with van der Waals surface area (Å²) in [7, 11) is 0. The van der Waals surface area contributed by atoms with Crippen LogP contribution >= 0.6 is 0 Å². The summed E-state index contributed by atoms with van der Waals surface area (Å²) in [4.78, 5) is 44.6. The highest BCUT2D eigenvalue weighted by Gasteiger charge is 2.25. The smallest absolute Gasteiger partial charge is 0.242 e. The van der Waals surface area contributed by atoms with Gasteiger partial charge < -0.3 is 24.8 Å². The number of amides is 3. The first kappa shape index (κ1) is 26.2. The second-order valence-corrected chi connectivity index (χ2v) is 9.63. The minimum Gasteiger partial charge on any atom is -0.494 e. The topological polar surface area (TPSA) is 106 Å². The van der Waals surface area contributed by atoms with Crippen molar-refractivity contribution < 1.29 is 19.1 Å². The number of ether oxygens (including phenoxy) is 1. The summed E-state index contributed by atoms with van der Waals surface area (Å²) in [5, 5.41) is 5.79. The average Bonchev–Trinajstić information content (AvgIpc) is 3.28. The molecular weight excluding hydrogens is 446 g/mol. The first-order valence-corrected chi connectivity index (χ1v) is 12.3. The van der Waals surface area contributed by atoms with Gasteiger partial charge in [0, 0.05) is 43.5 Å². The molecule has 1 aromatic carbocycles. The Kier molecular flexibility index (Phi) is 9.28. The standard InChI is InChI=1S/C26H37N5O4/c1-18(2)15-22-25(33)28-10-13-30-12-9-27-24(30)20-7-5-8-21(16-20)35-14-6-11-31(17-23(32)29-22)26(34)19(3)4/h5,7-9,12,16,18-19,22H,6,10-11,13-15,17H2,1-4H3,(H,28,33)(H,29,32)/t22-/m1/s1. The lowest BCUT2D eigenvalue weighted by Gasteiger charge is -2.26. The molecule has 1 aliphatic rings. The summed E-state index contributed by atoms with van der Waals surface area (Å²) < 4.78 is 7.92. The van der Waals surface area contributed by atoms with Gasteiger partial charge in [-0.1, -0.05) is 39.8 Å². The van der Waals surface area contributed by atoms with E-state index in [1.165, 1.54) is 0 Å². The van der Waals surface area contributed by atoms with Crippen LogP contribution in [0.1, 0.15) is 40.5 Å². The Morgan fingerprint density at radius 2 is 2.00 bits per heavy atom. The highest BCUT2D eigenvalue weighted by molar-refractivity contribution is 5.90. The third-order valence-electron chi connectivity index (χ3n) is 5.80. The molecule has 2 bridgehead atoms. The van der Waals surface area contributed by atoms with E-state index in [-0.39, 0.29) is 36.1 Å². The number of benzene rings is 1. The summed E-state index contributed by atoms with van der Waals surface area (Å²) >= 11 is 0. The number of nitrogens with zero attached hydrogens (tertiary/aromatic N) is 3. The fourth-order valence-electron chi connectivity index (χ4n) is 4.09.